The number of hydrogen-bond acceptors (Lipinski definition) is 5. The Balaban J connectivity index is 0.000000507. The molecule has 1 aromatic heterocycles. The number of aromatic amines is 1. The summed E-state index contributed by atoms with van der Waals surface area (Å²) in [6.45, 7) is 0.176. The molecule has 0 aliphatic carbocycles. The molecule has 0 unspecified atom stereocenters. The zero-order chi connectivity index (χ0) is 30.2. The molecule has 0 saturated heterocycles. The number of alkyl halides is 3. The molecule has 2 amide bonds. The van der Waals surface area contributed by atoms with Gasteiger partial charge in [0, 0.05) is 35.2 Å². The average Bonchev–Trinajstić information content (AvgIpc) is 3.36. The summed E-state index contributed by atoms with van der Waals surface area (Å²) in [5.41, 5.74) is 7.77. The molecule has 13 heteroatoms. The van der Waals surface area contributed by atoms with Gasteiger partial charge in [-0.1, -0.05) is 24.3 Å². The summed E-state index contributed by atoms with van der Waals surface area (Å²) in [4.78, 5) is 46.8. The van der Waals surface area contributed by atoms with Crippen LogP contribution in [0.25, 0.3) is 10.9 Å². The van der Waals surface area contributed by atoms with Crippen LogP contribution in [0.3, 0.4) is 0 Å². The number of aliphatic carboxylic acids is 2. The number of para-hydroxylation sites is 2. The molecule has 4 rings (SSSR count). The van der Waals surface area contributed by atoms with Gasteiger partial charge >= 0.3 is 18.1 Å². The monoisotopic (exact) mass is 568 g/mol. The van der Waals surface area contributed by atoms with Crippen molar-refractivity contribution in [2.45, 2.75) is 12.7 Å². The summed E-state index contributed by atoms with van der Waals surface area (Å²) in [6, 6.07) is 18.2. The Hall–Kier alpha value is -5.59. The number of H-pyrrole nitrogens is 1. The number of amides is 2. The molecule has 0 saturated carbocycles. The molecule has 0 aliphatic heterocycles. The molecular formula is C28H23F3N4O6. The van der Waals surface area contributed by atoms with Crippen molar-refractivity contribution in [3.8, 4) is 0 Å². The van der Waals surface area contributed by atoms with Crippen molar-refractivity contribution in [1.29, 1.82) is 0 Å². The molecule has 41 heavy (non-hydrogen) atoms. The van der Waals surface area contributed by atoms with Gasteiger partial charge in [-0.15, -0.1) is 0 Å². The Labute approximate surface area is 230 Å². The lowest BCUT2D eigenvalue weighted by Crippen LogP contribution is -2.23. The number of aromatic nitrogens is 1. The van der Waals surface area contributed by atoms with Crippen molar-refractivity contribution in [3.05, 3.63) is 107 Å². The summed E-state index contributed by atoms with van der Waals surface area (Å²) in [6.07, 6.45) is -3.34. The first kappa shape index (κ1) is 30.0. The highest BCUT2D eigenvalue weighted by molar-refractivity contribution is 6.05. The lowest BCUT2D eigenvalue weighted by atomic mass is 10.1. The third kappa shape index (κ3) is 8.71. The van der Waals surface area contributed by atoms with Crippen LogP contribution in [0.4, 0.5) is 24.5 Å². The topological polar surface area (TPSA) is 175 Å². The van der Waals surface area contributed by atoms with Gasteiger partial charge in [0.05, 0.1) is 16.9 Å². The van der Waals surface area contributed by atoms with Gasteiger partial charge in [-0.05, 0) is 54.1 Å². The highest BCUT2D eigenvalue weighted by atomic mass is 19.4. The largest absolute Gasteiger partial charge is 0.478 e. The first-order valence-corrected chi connectivity index (χ1v) is 11.7. The minimum absolute atomic E-state index is 0.153. The van der Waals surface area contributed by atoms with Gasteiger partial charge in [-0.2, -0.15) is 13.2 Å². The number of halogens is 3. The number of carboxylic acids is 2. The highest BCUT2D eigenvalue weighted by Gasteiger charge is 2.30. The van der Waals surface area contributed by atoms with Crippen LogP contribution in [0.2, 0.25) is 0 Å². The van der Waals surface area contributed by atoms with Crippen molar-refractivity contribution >= 4 is 46.0 Å². The predicted molar refractivity (Wildman–Crippen MR) is 144 cm³/mol. The van der Waals surface area contributed by atoms with Crippen LogP contribution in [0, 0.1) is 0 Å². The van der Waals surface area contributed by atoms with Crippen molar-refractivity contribution < 1.29 is 42.6 Å². The van der Waals surface area contributed by atoms with Gasteiger partial charge in [0.25, 0.3) is 11.8 Å². The molecule has 3 aromatic carbocycles. The van der Waals surface area contributed by atoms with Crippen molar-refractivity contribution in [3.63, 3.8) is 0 Å². The molecule has 0 bridgehead atoms. The minimum atomic E-state index is -4.45. The zero-order valence-electron chi connectivity index (χ0n) is 21.0. The van der Waals surface area contributed by atoms with E-state index in [1.165, 1.54) is 12.1 Å². The summed E-state index contributed by atoms with van der Waals surface area (Å²) in [5, 5.41) is 21.4. The first-order valence-electron chi connectivity index (χ1n) is 11.7. The summed E-state index contributed by atoms with van der Waals surface area (Å²) >= 11 is 0. The molecule has 0 aliphatic rings. The van der Waals surface area contributed by atoms with Crippen LogP contribution in [0.1, 0.15) is 32.0 Å². The van der Waals surface area contributed by atoms with E-state index in [1.807, 2.05) is 0 Å². The predicted octanol–water partition coefficient (Wildman–Crippen LogP) is 4.66. The van der Waals surface area contributed by atoms with E-state index in [1.54, 1.807) is 48.5 Å². The first-order chi connectivity index (χ1) is 19.3. The summed E-state index contributed by atoms with van der Waals surface area (Å²) in [5.74, 6) is -3.29. The third-order valence-electron chi connectivity index (χ3n) is 5.44. The molecule has 1 heterocycles. The van der Waals surface area contributed by atoms with Crippen LogP contribution in [0.5, 0.6) is 0 Å². The van der Waals surface area contributed by atoms with E-state index >= 15 is 0 Å². The maximum atomic E-state index is 12.9. The fourth-order valence-electron chi connectivity index (χ4n) is 3.43. The smallest absolute Gasteiger partial charge is 0.416 e. The fraction of sp³-hybridized carbons (Fsp3) is 0.0714. The molecule has 4 aromatic rings. The zero-order valence-corrected chi connectivity index (χ0v) is 21.0. The highest BCUT2D eigenvalue weighted by Crippen LogP contribution is 2.31. The molecule has 0 spiro atoms. The van der Waals surface area contributed by atoms with Crippen LogP contribution in [-0.2, 0) is 22.3 Å². The molecule has 0 radical (unpaired) electrons. The van der Waals surface area contributed by atoms with E-state index in [4.69, 9.17) is 15.9 Å². The quantitative estimate of drug-likeness (QED) is 0.139. The number of nitrogens with two attached hydrogens (primary N) is 1. The number of hydrogen-bond donors (Lipinski definition) is 6. The van der Waals surface area contributed by atoms with Crippen LogP contribution < -0.4 is 16.4 Å². The number of carboxylic acid groups (broad SMARTS) is 2. The second kappa shape index (κ2) is 13.0. The standard InChI is InChI=1S/C24H19F3N4O2.C4H4O4/c25-24(26,27)17-9-10-19-16(11-17)12-21(30-19)23(33)29-13-14-5-7-15(8-6-14)22(32)31-20-4-2-1-3-18(20)28;5-3(6)1-2-4(7)8/h1-12,30H,13,28H2,(H,29,33)(H,31,32);1-2H,(H,5,6)(H,7,8)/b;2-1-. The second-order valence-electron chi connectivity index (χ2n) is 8.41. The van der Waals surface area contributed by atoms with Crippen molar-refractivity contribution in [2.24, 2.45) is 0 Å². The van der Waals surface area contributed by atoms with Gasteiger partial charge in [0.15, 0.2) is 0 Å². The van der Waals surface area contributed by atoms with Gasteiger partial charge in [-0.25, -0.2) is 9.59 Å². The molecule has 10 nitrogen and oxygen atoms in total. The van der Waals surface area contributed by atoms with Gasteiger partial charge in [0.2, 0.25) is 0 Å². The number of carbonyl (C=O) groups excluding carboxylic acids is 2. The molecule has 0 fully saturated rings. The van der Waals surface area contributed by atoms with E-state index < -0.39 is 29.6 Å². The Morgan fingerprint density at radius 1 is 0.854 bits per heavy atom. The second-order valence-corrected chi connectivity index (χ2v) is 8.41. The van der Waals surface area contributed by atoms with E-state index in [0.29, 0.717) is 40.0 Å². The Kier molecular flexibility index (Phi) is 9.48. The SMILES string of the molecule is Nc1ccccc1NC(=O)c1ccc(CNC(=O)c2cc3cc(C(F)(F)F)ccc3[nH]2)cc1.O=C(O)/C=C\C(=O)O. The van der Waals surface area contributed by atoms with E-state index in [9.17, 15) is 32.3 Å². The lowest BCUT2D eigenvalue weighted by Gasteiger charge is -2.09. The number of rotatable bonds is 7. The minimum Gasteiger partial charge on any atom is -0.478 e. The Morgan fingerprint density at radius 2 is 1.49 bits per heavy atom. The number of fused-ring (bicyclic) bond motifs is 1. The maximum absolute atomic E-state index is 12.9. The van der Waals surface area contributed by atoms with Crippen LogP contribution in [-0.4, -0.2) is 39.0 Å². The number of nitrogens with one attached hydrogen (secondary N) is 3. The number of carbonyl (C=O) groups is 4. The Morgan fingerprint density at radius 3 is 2.07 bits per heavy atom. The van der Waals surface area contributed by atoms with Crippen molar-refractivity contribution in [1.82, 2.24) is 10.3 Å². The number of anilines is 2. The van der Waals surface area contributed by atoms with E-state index in [0.717, 1.165) is 17.7 Å². The maximum Gasteiger partial charge on any atom is 0.416 e. The fourth-order valence-corrected chi connectivity index (χ4v) is 3.43. The van der Waals surface area contributed by atoms with E-state index in [-0.39, 0.29) is 18.1 Å². The van der Waals surface area contributed by atoms with Crippen LogP contribution >= 0.6 is 0 Å². The number of benzene rings is 3. The average molecular weight is 569 g/mol. The van der Waals surface area contributed by atoms with E-state index in [2.05, 4.69) is 15.6 Å². The molecule has 7 N–H and O–H groups in total. The lowest BCUT2D eigenvalue weighted by molar-refractivity contribution is -0.137. The summed E-state index contributed by atoms with van der Waals surface area (Å²) in [7, 11) is 0. The van der Waals surface area contributed by atoms with Gasteiger partial charge in [0.1, 0.15) is 5.69 Å². The summed E-state index contributed by atoms with van der Waals surface area (Å²) < 4.78 is 38.6. The molecular weight excluding hydrogens is 545 g/mol. The molecule has 0 atom stereocenters. The normalized spacial score (nSPS) is 11.0. The molecule has 212 valence electrons. The van der Waals surface area contributed by atoms with Gasteiger partial charge in [-0.3, -0.25) is 9.59 Å². The van der Waals surface area contributed by atoms with Crippen molar-refractivity contribution in [2.75, 3.05) is 11.1 Å². The third-order valence-corrected chi connectivity index (χ3v) is 5.44. The Bertz CT molecular complexity index is 1600. The number of nitrogen functional groups attached to an aromatic ring is 1. The van der Waals surface area contributed by atoms with Gasteiger partial charge < -0.3 is 31.6 Å². The van der Waals surface area contributed by atoms with Crippen LogP contribution in [0.15, 0.2) is 84.9 Å².